The van der Waals surface area contributed by atoms with E-state index in [0.717, 1.165) is 13.0 Å². The quantitative estimate of drug-likeness (QED) is 0.566. The van der Waals surface area contributed by atoms with E-state index in [0.29, 0.717) is 6.54 Å². The first-order valence-electron chi connectivity index (χ1n) is 4.84. The average Bonchev–Trinajstić information content (AvgIpc) is 2.46. The van der Waals surface area contributed by atoms with Gasteiger partial charge < -0.3 is 20.3 Å². The lowest BCUT2D eigenvalue weighted by Crippen LogP contribution is -2.40. The van der Waals surface area contributed by atoms with Crippen molar-refractivity contribution in [3.8, 4) is 0 Å². The summed E-state index contributed by atoms with van der Waals surface area (Å²) >= 11 is 0. The summed E-state index contributed by atoms with van der Waals surface area (Å²) in [5.74, 6) is -0.977. The van der Waals surface area contributed by atoms with Gasteiger partial charge in [0.2, 0.25) is 0 Å². The van der Waals surface area contributed by atoms with Crippen LogP contribution in [0.25, 0.3) is 0 Å². The number of hydrogen-bond acceptors (Lipinski definition) is 4. The maximum atomic E-state index is 10.3. The molecule has 1 heterocycles. The van der Waals surface area contributed by atoms with Gasteiger partial charge in [0.15, 0.2) is 0 Å². The van der Waals surface area contributed by atoms with Crippen LogP contribution in [0.5, 0.6) is 0 Å². The van der Waals surface area contributed by atoms with Gasteiger partial charge in [-0.15, -0.1) is 0 Å². The number of rotatable bonds is 5. The molecule has 0 aromatic heterocycles. The van der Waals surface area contributed by atoms with Crippen LogP contribution in [-0.4, -0.2) is 47.6 Å². The molecule has 0 radical (unpaired) electrons. The molecular weight excluding hydrogens is 186 g/mol. The molecule has 1 fully saturated rings. The van der Waals surface area contributed by atoms with Crippen LogP contribution in [0.2, 0.25) is 0 Å². The van der Waals surface area contributed by atoms with Gasteiger partial charge in [-0.25, -0.2) is 0 Å². The topological polar surface area (TPSA) is 78.8 Å². The Morgan fingerprint density at radius 2 is 2.43 bits per heavy atom. The molecule has 0 aliphatic carbocycles. The molecule has 5 heteroatoms. The number of aliphatic hydroxyl groups excluding tert-OH is 1. The van der Waals surface area contributed by atoms with E-state index >= 15 is 0 Å². The summed E-state index contributed by atoms with van der Waals surface area (Å²) < 4.78 is 5.32. The number of aliphatic carboxylic acids is 1. The number of nitrogens with one attached hydrogen (secondary N) is 1. The second-order valence-electron chi connectivity index (χ2n) is 3.63. The highest BCUT2D eigenvalue weighted by atomic mass is 16.5. The predicted molar refractivity (Wildman–Crippen MR) is 50.1 cm³/mol. The van der Waals surface area contributed by atoms with Crippen LogP contribution in [0.15, 0.2) is 0 Å². The number of carboxylic acid groups (broad SMARTS) is 1. The lowest BCUT2D eigenvalue weighted by atomic mass is 10.1. The number of aliphatic hydroxyl groups is 1. The minimum absolute atomic E-state index is 0.145. The summed E-state index contributed by atoms with van der Waals surface area (Å²) in [4.78, 5) is 10.3. The van der Waals surface area contributed by atoms with E-state index in [-0.39, 0.29) is 18.6 Å². The summed E-state index contributed by atoms with van der Waals surface area (Å²) in [6, 6.07) is 0.235. The van der Waals surface area contributed by atoms with E-state index in [1.807, 2.05) is 6.92 Å². The third kappa shape index (κ3) is 3.61. The standard InChI is InChI=1S/C9H17NO4/c1-6-8(2-3-14-6)10-5-7(11)4-9(12)13/h6-8,10-11H,2-5H2,1H3,(H,12,13). The number of carboxylic acids is 1. The highest BCUT2D eigenvalue weighted by molar-refractivity contribution is 5.67. The van der Waals surface area contributed by atoms with Crippen LogP contribution in [-0.2, 0) is 9.53 Å². The fourth-order valence-electron chi connectivity index (χ4n) is 1.56. The Morgan fingerprint density at radius 1 is 1.71 bits per heavy atom. The molecule has 82 valence electrons. The molecule has 0 spiro atoms. The Balaban J connectivity index is 2.16. The van der Waals surface area contributed by atoms with Crippen molar-refractivity contribution in [1.29, 1.82) is 0 Å². The summed E-state index contributed by atoms with van der Waals surface area (Å²) in [6.45, 7) is 3.01. The van der Waals surface area contributed by atoms with Gasteiger partial charge in [0, 0.05) is 19.2 Å². The summed E-state index contributed by atoms with van der Waals surface area (Å²) in [7, 11) is 0. The fraction of sp³-hybridized carbons (Fsp3) is 0.889. The van der Waals surface area contributed by atoms with Gasteiger partial charge >= 0.3 is 5.97 Å². The minimum Gasteiger partial charge on any atom is -0.481 e. The summed E-state index contributed by atoms with van der Waals surface area (Å²) in [5, 5.41) is 20.8. The second-order valence-corrected chi connectivity index (χ2v) is 3.63. The van der Waals surface area contributed by atoms with Crippen LogP contribution in [0.4, 0.5) is 0 Å². The van der Waals surface area contributed by atoms with E-state index in [9.17, 15) is 9.90 Å². The molecular formula is C9H17NO4. The minimum atomic E-state index is -0.977. The molecule has 0 saturated carbocycles. The molecule has 0 amide bonds. The molecule has 3 unspecified atom stereocenters. The van der Waals surface area contributed by atoms with E-state index in [4.69, 9.17) is 9.84 Å². The lowest BCUT2D eigenvalue weighted by Gasteiger charge is -2.17. The van der Waals surface area contributed by atoms with Crippen molar-refractivity contribution >= 4 is 5.97 Å². The zero-order valence-corrected chi connectivity index (χ0v) is 8.27. The summed E-state index contributed by atoms with van der Waals surface area (Å²) in [5.41, 5.74) is 0. The van der Waals surface area contributed by atoms with Gasteiger partial charge in [-0.3, -0.25) is 4.79 Å². The maximum absolute atomic E-state index is 10.3. The van der Waals surface area contributed by atoms with Crippen LogP contribution in [0.1, 0.15) is 19.8 Å². The predicted octanol–water partition coefficient (Wildman–Crippen LogP) is -0.411. The Hall–Kier alpha value is -0.650. The number of ether oxygens (including phenoxy) is 1. The van der Waals surface area contributed by atoms with E-state index in [2.05, 4.69) is 5.32 Å². The van der Waals surface area contributed by atoms with Crippen LogP contribution < -0.4 is 5.32 Å². The summed E-state index contributed by atoms with van der Waals surface area (Å²) in [6.07, 6.45) is 0.0305. The molecule has 1 rings (SSSR count). The van der Waals surface area contributed by atoms with Gasteiger partial charge in [0.05, 0.1) is 18.6 Å². The molecule has 1 saturated heterocycles. The smallest absolute Gasteiger partial charge is 0.306 e. The van der Waals surface area contributed by atoms with Crippen molar-refractivity contribution in [3.63, 3.8) is 0 Å². The van der Waals surface area contributed by atoms with Crippen molar-refractivity contribution in [2.45, 2.75) is 38.0 Å². The molecule has 3 N–H and O–H groups in total. The van der Waals surface area contributed by atoms with Crippen molar-refractivity contribution in [1.82, 2.24) is 5.32 Å². The van der Waals surface area contributed by atoms with Crippen molar-refractivity contribution in [2.75, 3.05) is 13.2 Å². The molecule has 0 bridgehead atoms. The molecule has 1 aliphatic rings. The van der Waals surface area contributed by atoms with Crippen LogP contribution >= 0.6 is 0 Å². The SMILES string of the molecule is CC1OCCC1NCC(O)CC(=O)O. The highest BCUT2D eigenvalue weighted by Crippen LogP contribution is 2.12. The zero-order chi connectivity index (χ0) is 10.6. The first-order chi connectivity index (χ1) is 6.59. The molecule has 5 nitrogen and oxygen atoms in total. The van der Waals surface area contributed by atoms with Gasteiger partial charge in [0.1, 0.15) is 0 Å². The Labute approximate surface area is 83.1 Å². The normalized spacial score (nSPS) is 29.0. The Bertz CT molecular complexity index is 197. The molecule has 0 aromatic carbocycles. The lowest BCUT2D eigenvalue weighted by molar-refractivity contribution is -0.139. The first kappa shape index (κ1) is 11.4. The molecule has 14 heavy (non-hydrogen) atoms. The Kier molecular flexibility index (Phi) is 4.31. The van der Waals surface area contributed by atoms with Crippen molar-refractivity contribution < 1.29 is 19.7 Å². The van der Waals surface area contributed by atoms with Gasteiger partial charge in [0.25, 0.3) is 0 Å². The van der Waals surface area contributed by atoms with E-state index < -0.39 is 12.1 Å². The van der Waals surface area contributed by atoms with Crippen molar-refractivity contribution in [3.05, 3.63) is 0 Å². The third-order valence-electron chi connectivity index (χ3n) is 2.40. The molecule has 0 aromatic rings. The Morgan fingerprint density at radius 3 is 2.93 bits per heavy atom. The van der Waals surface area contributed by atoms with Crippen LogP contribution in [0, 0.1) is 0 Å². The number of carbonyl (C=O) groups is 1. The van der Waals surface area contributed by atoms with Crippen LogP contribution in [0.3, 0.4) is 0 Å². The molecule has 1 aliphatic heterocycles. The largest absolute Gasteiger partial charge is 0.481 e. The first-order valence-corrected chi connectivity index (χ1v) is 4.84. The van der Waals surface area contributed by atoms with Crippen molar-refractivity contribution in [2.24, 2.45) is 0 Å². The highest BCUT2D eigenvalue weighted by Gasteiger charge is 2.24. The number of hydrogen-bond donors (Lipinski definition) is 3. The van der Waals surface area contributed by atoms with Gasteiger partial charge in [-0.1, -0.05) is 0 Å². The average molecular weight is 203 g/mol. The van der Waals surface area contributed by atoms with Gasteiger partial charge in [-0.05, 0) is 13.3 Å². The molecule has 3 atom stereocenters. The monoisotopic (exact) mass is 203 g/mol. The van der Waals surface area contributed by atoms with Gasteiger partial charge in [-0.2, -0.15) is 0 Å². The van der Waals surface area contributed by atoms with E-state index in [1.54, 1.807) is 0 Å². The zero-order valence-electron chi connectivity index (χ0n) is 8.27. The third-order valence-corrected chi connectivity index (χ3v) is 2.40. The fourth-order valence-corrected chi connectivity index (χ4v) is 1.56. The van der Waals surface area contributed by atoms with E-state index in [1.165, 1.54) is 0 Å². The maximum Gasteiger partial charge on any atom is 0.306 e. The second kappa shape index (κ2) is 5.29.